The van der Waals surface area contributed by atoms with Crippen molar-refractivity contribution in [3.63, 3.8) is 0 Å². The van der Waals surface area contributed by atoms with Gasteiger partial charge in [-0.05, 0) is 55.7 Å². The number of nitrogens with one attached hydrogen (secondary N) is 1. The fraction of sp³-hybridized carbons (Fsp3) is 0.263. The van der Waals surface area contributed by atoms with E-state index in [0.717, 1.165) is 23.3 Å². The van der Waals surface area contributed by atoms with Crippen molar-refractivity contribution in [3.8, 4) is 5.75 Å². The van der Waals surface area contributed by atoms with Crippen molar-refractivity contribution in [2.45, 2.75) is 27.2 Å². The molecular weight excluding hydrogens is 288 g/mol. The molecule has 0 aromatic heterocycles. The molecule has 2 aromatic carbocycles. The van der Waals surface area contributed by atoms with Gasteiger partial charge in [-0.2, -0.15) is 5.10 Å². The second-order valence-electron chi connectivity index (χ2n) is 5.43. The number of carbonyl (C=O) groups excluding carboxylic acids is 1. The number of nitrogens with zero attached hydrogens (tertiary/aromatic N) is 1. The van der Waals surface area contributed by atoms with Gasteiger partial charge in [0.05, 0.1) is 12.8 Å². The van der Waals surface area contributed by atoms with E-state index in [1.54, 1.807) is 30.5 Å². The molecule has 0 radical (unpaired) electrons. The third-order valence-corrected chi connectivity index (χ3v) is 3.38. The normalized spacial score (nSPS) is 10.7. The Morgan fingerprint density at radius 2 is 1.91 bits per heavy atom. The van der Waals surface area contributed by atoms with Crippen LogP contribution in [-0.2, 0) is 0 Å². The van der Waals surface area contributed by atoms with Crippen molar-refractivity contribution in [3.05, 3.63) is 64.7 Å². The van der Waals surface area contributed by atoms with Crippen LogP contribution in [0.4, 0.5) is 0 Å². The average Bonchev–Trinajstić information content (AvgIpc) is 2.55. The highest BCUT2D eigenvalue weighted by molar-refractivity contribution is 5.95. The first kappa shape index (κ1) is 16.7. The van der Waals surface area contributed by atoms with Gasteiger partial charge in [0.1, 0.15) is 5.75 Å². The Morgan fingerprint density at radius 3 is 2.57 bits per heavy atom. The van der Waals surface area contributed by atoms with Gasteiger partial charge in [0.25, 0.3) is 5.91 Å². The standard InChI is InChI=1S/C19H22N2O2/c1-4-11-23-18-9-7-16(8-10-18)19(22)21-20-13-17-6-5-14(2)12-15(17)3/h5-10,12-13H,4,11H2,1-3H3,(H,21,22)/b20-13+. The number of amides is 1. The Bertz CT molecular complexity index is 691. The van der Waals surface area contributed by atoms with Crippen LogP contribution in [-0.4, -0.2) is 18.7 Å². The van der Waals surface area contributed by atoms with Gasteiger partial charge in [-0.3, -0.25) is 4.79 Å². The number of ether oxygens (including phenoxy) is 1. The average molecular weight is 310 g/mol. The lowest BCUT2D eigenvalue weighted by Crippen LogP contribution is -2.17. The van der Waals surface area contributed by atoms with Crippen LogP contribution < -0.4 is 10.2 Å². The monoisotopic (exact) mass is 310 g/mol. The number of carbonyl (C=O) groups is 1. The lowest BCUT2D eigenvalue weighted by molar-refractivity contribution is 0.0955. The Morgan fingerprint density at radius 1 is 1.17 bits per heavy atom. The SMILES string of the molecule is CCCOc1ccc(C(=O)N/N=C/c2ccc(C)cc2C)cc1. The van der Waals surface area contributed by atoms with Crippen LogP contribution in [0, 0.1) is 13.8 Å². The molecular formula is C19H22N2O2. The van der Waals surface area contributed by atoms with Gasteiger partial charge in [0.2, 0.25) is 0 Å². The van der Waals surface area contributed by atoms with Gasteiger partial charge in [0.15, 0.2) is 0 Å². The van der Waals surface area contributed by atoms with Crippen LogP contribution >= 0.6 is 0 Å². The van der Waals surface area contributed by atoms with Crippen molar-refractivity contribution in [1.82, 2.24) is 5.43 Å². The minimum absolute atomic E-state index is 0.243. The second-order valence-corrected chi connectivity index (χ2v) is 5.43. The quantitative estimate of drug-likeness (QED) is 0.650. The summed E-state index contributed by atoms with van der Waals surface area (Å²) in [4.78, 5) is 12.0. The van der Waals surface area contributed by atoms with Crippen LogP contribution in [0.5, 0.6) is 5.75 Å². The van der Waals surface area contributed by atoms with Gasteiger partial charge < -0.3 is 4.74 Å². The molecule has 2 aromatic rings. The fourth-order valence-electron chi connectivity index (χ4n) is 2.12. The Hall–Kier alpha value is -2.62. The molecule has 2 rings (SSSR count). The summed E-state index contributed by atoms with van der Waals surface area (Å²) in [6.45, 7) is 6.79. The van der Waals surface area contributed by atoms with E-state index >= 15 is 0 Å². The lowest BCUT2D eigenvalue weighted by Gasteiger charge is -2.05. The predicted octanol–water partition coefficient (Wildman–Crippen LogP) is 3.86. The number of hydrazone groups is 1. The van der Waals surface area contributed by atoms with Crippen molar-refractivity contribution in [1.29, 1.82) is 0 Å². The Labute approximate surface area is 137 Å². The van der Waals surface area contributed by atoms with E-state index in [1.807, 2.05) is 26.0 Å². The highest BCUT2D eigenvalue weighted by Gasteiger charge is 2.04. The maximum absolute atomic E-state index is 12.0. The summed E-state index contributed by atoms with van der Waals surface area (Å²) < 4.78 is 5.49. The third-order valence-electron chi connectivity index (χ3n) is 3.38. The highest BCUT2D eigenvalue weighted by atomic mass is 16.5. The molecule has 0 saturated heterocycles. The molecule has 0 heterocycles. The zero-order chi connectivity index (χ0) is 16.7. The molecule has 0 bridgehead atoms. The van der Waals surface area contributed by atoms with Crippen LogP contribution in [0.15, 0.2) is 47.6 Å². The maximum Gasteiger partial charge on any atom is 0.271 e. The molecule has 0 aliphatic heterocycles. The Balaban J connectivity index is 1.95. The molecule has 0 saturated carbocycles. The van der Waals surface area contributed by atoms with Crippen LogP contribution in [0.1, 0.15) is 40.4 Å². The molecule has 0 spiro atoms. The van der Waals surface area contributed by atoms with Crippen molar-refractivity contribution in [2.75, 3.05) is 6.61 Å². The van der Waals surface area contributed by atoms with E-state index in [9.17, 15) is 4.79 Å². The van der Waals surface area contributed by atoms with Gasteiger partial charge >= 0.3 is 0 Å². The molecule has 0 atom stereocenters. The van der Waals surface area contributed by atoms with E-state index in [1.165, 1.54) is 5.56 Å². The Kier molecular flexibility index (Phi) is 5.92. The molecule has 1 amide bonds. The number of aryl methyl sites for hydroxylation is 2. The first-order valence-corrected chi connectivity index (χ1v) is 7.73. The van der Waals surface area contributed by atoms with Gasteiger partial charge in [-0.15, -0.1) is 0 Å². The number of hydrogen-bond acceptors (Lipinski definition) is 3. The van der Waals surface area contributed by atoms with Gasteiger partial charge in [-0.25, -0.2) is 5.43 Å². The third kappa shape index (κ3) is 4.95. The van der Waals surface area contributed by atoms with Crippen LogP contribution in [0.3, 0.4) is 0 Å². The summed E-state index contributed by atoms with van der Waals surface area (Å²) in [5.41, 5.74) is 6.40. The predicted molar refractivity (Wildman–Crippen MR) is 93.2 cm³/mol. The van der Waals surface area contributed by atoms with Crippen LogP contribution in [0.2, 0.25) is 0 Å². The molecule has 0 unspecified atom stereocenters. The molecule has 4 heteroatoms. The zero-order valence-corrected chi connectivity index (χ0v) is 13.8. The number of hydrogen-bond donors (Lipinski definition) is 1. The smallest absolute Gasteiger partial charge is 0.271 e. The summed E-state index contributed by atoms with van der Waals surface area (Å²) >= 11 is 0. The number of benzene rings is 2. The first-order chi connectivity index (χ1) is 11.1. The largest absolute Gasteiger partial charge is 0.494 e. The molecule has 0 aliphatic rings. The van der Waals surface area contributed by atoms with E-state index in [0.29, 0.717) is 12.2 Å². The van der Waals surface area contributed by atoms with Gasteiger partial charge in [-0.1, -0.05) is 30.7 Å². The summed E-state index contributed by atoms with van der Waals surface area (Å²) in [5.74, 6) is 0.523. The first-order valence-electron chi connectivity index (χ1n) is 7.73. The molecule has 4 nitrogen and oxygen atoms in total. The second kappa shape index (κ2) is 8.13. The topological polar surface area (TPSA) is 50.7 Å². The molecule has 23 heavy (non-hydrogen) atoms. The minimum Gasteiger partial charge on any atom is -0.494 e. The van der Waals surface area contributed by atoms with E-state index in [-0.39, 0.29) is 5.91 Å². The highest BCUT2D eigenvalue weighted by Crippen LogP contribution is 2.12. The summed E-state index contributed by atoms with van der Waals surface area (Å²) in [6.07, 6.45) is 2.61. The van der Waals surface area contributed by atoms with Crippen molar-refractivity contribution < 1.29 is 9.53 Å². The number of rotatable bonds is 6. The summed E-state index contributed by atoms with van der Waals surface area (Å²) in [7, 11) is 0. The van der Waals surface area contributed by atoms with E-state index < -0.39 is 0 Å². The maximum atomic E-state index is 12.0. The molecule has 1 N–H and O–H groups in total. The van der Waals surface area contributed by atoms with E-state index in [4.69, 9.17) is 4.74 Å². The van der Waals surface area contributed by atoms with Crippen LogP contribution in [0.25, 0.3) is 0 Å². The molecule has 0 aliphatic carbocycles. The van der Waals surface area contributed by atoms with Crippen molar-refractivity contribution >= 4 is 12.1 Å². The van der Waals surface area contributed by atoms with E-state index in [2.05, 4.69) is 23.5 Å². The van der Waals surface area contributed by atoms with Crippen molar-refractivity contribution in [2.24, 2.45) is 5.10 Å². The van der Waals surface area contributed by atoms with Gasteiger partial charge in [0, 0.05) is 5.56 Å². The zero-order valence-electron chi connectivity index (χ0n) is 13.8. The fourth-order valence-corrected chi connectivity index (χ4v) is 2.12. The molecule has 120 valence electrons. The minimum atomic E-state index is -0.243. The summed E-state index contributed by atoms with van der Waals surface area (Å²) in [5, 5.41) is 4.02. The summed E-state index contributed by atoms with van der Waals surface area (Å²) in [6, 6.07) is 13.1. The lowest BCUT2D eigenvalue weighted by atomic mass is 10.1. The molecule has 0 fully saturated rings.